The van der Waals surface area contributed by atoms with Crippen LogP contribution in [0.15, 0.2) is 18.2 Å². The summed E-state index contributed by atoms with van der Waals surface area (Å²) < 4.78 is 26.9. The van der Waals surface area contributed by atoms with E-state index in [0.29, 0.717) is 9.80 Å². The van der Waals surface area contributed by atoms with Gasteiger partial charge in [0.1, 0.15) is 6.04 Å². The van der Waals surface area contributed by atoms with Crippen molar-refractivity contribution >= 4 is 46.0 Å². The van der Waals surface area contributed by atoms with Gasteiger partial charge in [0, 0.05) is 18.3 Å². The molecule has 172 valence electrons. The van der Waals surface area contributed by atoms with E-state index in [-0.39, 0.29) is 18.8 Å². The number of aromatic hydroxyl groups is 2. The van der Waals surface area contributed by atoms with Gasteiger partial charge < -0.3 is 20.6 Å². The molecule has 0 bridgehead atoms. The molecule has 1 atom stereocenters. The van der Waals surface area contributed by atoms with Crippen LogP contribution in [-0.4, -0.2) is 89.3 Å². The maximum Gasteiger partial charge on any atom is 0.405 e. The number of benzene rings is 1. The van der Waals surface area contributed by atoms with Crippen molar-refractivity contribution in [3.63, 3.8) is 0 Å². The molecule has 2 aliphatic rings. The Bertz CT molecular complexity index is 1120. The van der Waals surface area contributed by atoms with Crippen molar-refractivity contribution < 1.29 is 47.7 Å². The van der Waals surface area contributed by atoms with E-state index in [1.807, 2.05) is 5.32 Å². The van der Waals surface area contributed by atoms with E-state index in [1.165, 1.54) is 15.5 Å². The molecule has 2 heterocycles. The van der Waals surface area contributed by atoms with Crippen molar-refractivity contribution in [1.82, 2.24) is 24.6 Å². The fourth-order valence-corrected chi connectivity index (χ4v) is 3.61. The average molecular weight is 472 g/mol. The Kier molecular flexibility index (Phi) is 5.67. The summed E-state index contributed by atoms with van der Waals surface area (Å²) in [7, 11) is -4.84. The number of carbonyl (C=O) groups is 5. The first-order valence-electron chi connectivity index (χ1n) is 8.70. The SMILES string of the molecule is O=C(O)N[C@H]1CN(C(=O)NS(=O)(=O)NC(=O)N2CCN(c3ccc(O)c(O)c3)C2=O)C1=O. The topological polar surface area (TPSA) is 226 Å². The van der Waals surface area contributed by atoms with E-state index in [0.717, 1.165) is 17.0 Å². The van der Waals surface area contributed by atoms with Gasteiger partial charge in [-0.15, -0.1) is 0 Å². The Labute approximate surface area is 179 Å². The molecule has 2 fully saturated rings. The Morgan fingerprint density at radius 3 is 2.16 bits per heavy atom. The summed E-state index contributed by atoms with van der Waals surface area (Å²) >= 11 is 0. The molecule has 2 saturated heterocycles. The average Bonchev–Trinajstić information content (AvgIpc) is 3.07. The molecule has 1 aromatic carbocycles. The predicted octanol–water partition coefficient (Wildman–Crippen LogP) is -1.52. The number of nitrogens with zero attached hydrogens (tertiary/aromatic N) is 3. The number of carboxylic acid groups (broad SMARTS) is 1. The van der Waals surface area contributed by atoms with Crippen LogP contribution in [0, 0.1) is 0 Å². The number of hydrogen-bond donors (Lipinski definition) is 6. The first-order valence-corrected chi connectivity index (χ1v) is 10.2. The number of rotatable bonds is 4. The number of likely N-dealkylation sites (tertiary alicyclic amines) is 1. The van der Waals surface area contributed by atoms with Crippen LogP contribution < -0.4 is 19.7 Å². The lowest BCUT2D eigenvalue weighted by Gasteiger charge is -2.35. The smallest absolute Gasteiger partial charge is 0.405 e. The van der Waals surface area contributed by atoms with E-state index in [4.69, 9.17) is 5.11 Å². The zero-order valence-corrected chi connectivity index (χ0v) is 16.7. The van der Waals surface area contributed by atoms with E-state index in [9.17, 15) is 42.6 Å². The third-order valence-corrected chi connectivity index (χ3v) is 5.33. The molecular weight excluding hydrogens is 456 g/mol. The Morgan fingerprint density at radius 2 is 1.59 bits per heavy atom. The largest absolute Gasteiger partial charge is 0.504 e. The van der Waals surface area contributed by atoms with Gasteiger partial charge in [0.2, 0.25) is 0 Å². The maximum atomic E-state index is 12.4. The number of amides is 8. The van der Waals surface area contributed by atoms with E-state index in [1.54, 1.807) is 0 Å². The van der Waals surface area contributed by atoms with Crippen LogP contribution in [-0.2, 0) is 15.0 Å². The summed E-state index contributed by atoms with van der Waals surface area (Å²) in [6.07, 6.45) is -1.50. The van der Waals surface area contributed by atoms with Crippen LogP contribution >= 0.6 is 0 Å². The van der Waals surface area contributed by atoms with E-state index in [2.05, 4.69) is 0 Å². The third kappa shape index (κ3) is 4.41. The number of hydrogen-bond acceptors (Lipinski definition) is 9. The highest BCUT2D eigenvalue weighted by Crippen LogP contribution is 2.31. The molecule has 0 aromatic heterocycles. The van der Waals surface area contributed by atoms with Crippen LogP contribution in [0.5, 0.6) is 11.5 Å². The summed E-state index contributed by atoms with van der Waals surface area (Å²) in [6, 6.07) is -1.47. The third-order valence-electron chi connectivity index (χ3n) is 4.44. The van der Waals surface area contributed by atoms with E-state index < -0.39 is 64.4 Å². The minimum Gasteiger partial charge on any atom is -0.504 e. The second kappa shape index (κ2) is 8.10. The number of phenols is 2. The van der Waals surface area contributed by atoms with Crippen molar-refractivity contribution in [1.29, 1.82) is 0 Å². The van der Waals surface area contributed by atoms with Gasteiger partial charge in [-0.2, -0.15) is 8.42 Å². The first kappa shape index (κ1) is 22.4. The molecule has 0 unspecified atom stereocenters. The number of carbonyl (C=O) groups excluding carboxylic acids is 4. The van der Waals surface area contributed by atoms with Crippen molar-refractivity contribution in [3.05, 3.63) is 18.2 Å². The number of nitrogens with one attached hydrogen (secondary N) is 3. The van der Waals surface area contributed by atoms with Crippen LogP contribution in [0.2, 0.25) is 0 Å². The molecule has 0 saturated carbocycles. The lowest BCUT2D eigenvalue weighted by molar-refractivity contribution is -0.138. The maximum absolute atomic E-state index is 12.4. The summed E-state index contributed by atoms with van der Waals surface area (Å²) in [5, 5.41) is 29.2. The van der Waals surface area contributed by atoms with Crippen molar-refractivity contribution in [2.24, 2.45) is 0 Å². The van der Waals surface area contributed by atoms with Crippen LogP contribution in [0.3, 0.4) is 0 Å². The number of anilines is 1. The molecule has 3 rings (SSSR count). The zero-order chi connectivity index (χ0) is 23.8. The van der Waals surface area contributed by atoms with Gasteiger partial charge in [-0.3, -0.25) is 14.6 Å². The van der Waals surface area contributed by atoms with Gasteiger partial charge in [-0.05, 0) is 12.1 Å². The molecule has 32 heavy (non-hydrogen) atoms. The molecule has 1 aromatic rings. The lowest BCUT2D eigenvalue weighted by Crippen LogP contribution is -2.67. The monoisotopic (exact) mass is 472 g/mol. The molecule has 8 amide bonds. The minimum absolute atomic E-state index is 0.0525. The minimum atomic E-state index is -4.84. The Hall–Kier alpha value is -4.28. The van der Waals surface area contributed by atoms with Crippen molar-refractivity contribution in [2.45, 2.75) is 6.04 Å². The van der Waals surface area contributed by atoms with Crippen LogP contribution in [0.25, 0.3) is 0 Å². The number of imide groups is 2. The zero-order valence-electron chi connectivity index (χ0n) is 15.9. The van der Waals surface area contributed by atoms with Crippen molar-refractivity contribution in [2.75, 3.05) is 24.5 Å². The number of urea groups is 3. The van der Waals surface area contributed by atoms with Gasteiger partial charge in [-0.1, -0.05) is 0 Å². The van der Waals surface area contributed by atoms with Gasteiger partial charge in [0.05, 0.1) is 13.1 Å². The molecule has 0 radical (unpaired) electrons. The summed E-state index contributed by atoms with van der Waals surface area (Å²) in [6.45, 7) is -0.703. The molecule has 17 heteroatoms. The normalized spacial score (nSPS) is 18.2. The molecule has 16 nitrogen and oxygen atoms in total. The Balaban J connectivity index is 1.58. The van der Waals surface area contributed by atoms with Gasteiger partial charge in [0.15, 0.2) is 11.5 Å². The number of β-lactam (4-membered cyclic amide) rings is 1. The lowest BCUT2D eigenvalue weighted by atomic mass is 10.1. The molecule has 2 aliphatic heterocycles. The number of phenolic OH excluding ortho intramolecular Hbond substituents is 2. The highest BCUT2D eigenvalue weighted by atomic mass is 32.2. The van der Waals surface area contributed by atoms with Crippen molar-refractivity contribution in [3.8, 4) is 11.5 Å². The van der Waals surface area contributed by atoms with Crippen LogP contribution in [0.4, 0.5) is 24.9 Å². The summed E-state index contributed by atoms with van der Waals surface area (Å²) in [5.74, 6) is -1.93. The highest BCUT2D eigenvalue weighted by molar-refractivity contribution is 7.88. The summed E-state index contributed by atoms with van der Waals surface area (Å²) in [5.41, 5.74) is 0.137. The molecule has 0 aliphatic carbocycles. The second-order valence-electron chi connectivity index (χ2n) is 6.53. The molecule has 6 N–H and O–H groups in total. The highest BCUT2D eigenvalue weighted by Gasteiger charge is 2.43. The fourth-order valence-electron chi connectivity index (χ4n) is 2.88. The van der Waals surface area contributed by atoms with Gasteiger partial charge >= 0.3 is 34.4 Å². The van der Waals surface area contributed by atoms with Crippen LogP contribution in [0.1, 0.15) is 0 Å². The standard InChI is InChI=1S/C15H16N6O10S/c22-9-2-1-7(5-10(9)23)19-3-4-20(15(19)29)12(25)17-32(30,31)18-13(26)21-6-8(11(21)24)16-14(27)28/h1-2,5,8,16,22-23H,3-4,6H2,(H,17,25)(H,18,26)(H,27,28)/t8-/m0/s1. The Morgan fingerprint density at radius 1 is 0.969 bits per heavy atom. The second-order valence-corrected chi connectivity index (χ2v) is 7.94. The van der Waals surface area contributed by atoms with Gasteiger partial charge in [0.25, 0.3) is 5.91 Å². The van der Waals surface area contributed by atoms with Gasteiger partial charge in [-0.25, -0.2) is 33.5 Å². The predicted molar refractivity (Wildman–Crippen MR) is 102 cm³/mol. The fraction of sp³-hybridized carbons (Fsp3) is 0.267. The molecular formula is C15H16N6O10S. The first-order chi connectivity index (χ1) is 14.9. The summed E-state index contributed by atoms with van der Waals surface area (Å²) in [4.78, 5) is 60.7. The van der Waals surface area contributed by atoms with E-state index >= 15 is 0 Å². The molecule has 0 spiro atoms. The quantitative estimate of drug-likeness (QED) is 0.219.